The van der Waals surface area contributed by atoms with Gasteiger partial charge in [-0.05, 0) is 0 Å². The SMILES string of the molecule is CC1=Cc2ccccc2[C]1(c1cccc2cccnc12)[Cr]([Cl])[Cl]. The summed E-state index contributed by atoms with van der Waals surface area (Å²) in [4.78, 5) is 4.64. The molecule has 0 N–H and O–H groups in total. The van der Waals surface area contributed by atoms with Crippen LogP contribution >= 0.6 is 20.1 Å². The van der Waals surface area contributed by atoms with E-state index in [1.807, 2.05) is 12.3 Å². The molecular formula is C19H14Cl2CrN. The Kier molecular flexibility index (Phi) is 3.75. The van der Waals surface area contributed by atoms with Crippen LogP contribution in [0, 0.1) is 0 Å². The molecule has 0 spiro atoms. The summed E-state index contributed by atoms with van der Waals surface area (Å²) in [6.07, 6.45) is 4.04. The molecule has 1 aliphatic rings. The van der Waals surface area contributed by atoms with E-state index in [-0.39, 0.29) is 0 Å². The van der Waals surface area contributed by atoms with Crippen LogP contribution in [0.3, 0.4) is 0 Å². The third kappa shape index (κ3) is 2.10. The number of hydrogen-bond acceptors (Lipinski definition) is 1. The maximum absolute atomic E-state index is 6.72. The first-order chi connectivity index (χ1) is 11.2. The van der Waals surface area contributed by atoms with E-state index < -0.39 is 16.6 Å². The molecule has 4 heteroatoms. The average Bonchev–Trinajstić information content (AvgIpc) is 2.87. The van der Waals surface area contributed by atoms with E-state index in [4.69, 9.17) is 20.1 Å². The van der Waals surface area contributed by atoms with Crippen LogP contribution in [0.5, 0.6) is 0 Å². The monoisotopic (exact) mass is 378 g/mol. The molecule has 23 heavy (non-hydrogen) atoms. The first kappa shape index (κ1) is 15.2. The summed E-state index contributed by atoms with van der Waals surface area (Å²) in [5.74, 6) is 0. The molecule has 4 rings (SSSR count). The Balaban J connectivity index is 2.13. The molecule has 1 unspecified atom stereocenters. The fourth-order valence-corrected chi connectivity index (χ4v) is 7.44. The van der Waals surface area contributed by atoms with Crippen molar-refractivity contribution in [3.05, 3.63) is 83.1 Å². The van der Waals surface area contributed by atoms with E-state index in [0.29, 0.717) is 0 Å². The summed E-state index contributed by atoms with van der Waals surface area (Å²) < 4.78 is -0.437. The number of fused-ring (bicyclic) bond motifs is 2. The second kappa shape index (κ2) is 5.65. The minimum atomic E-state index is -2.00. The van der Waals surface area contributed by atoms with Gasteiger partial charge in [-0.3, -0.25) is 0 Å². The van der Waals surface area contributed by atoms with Crippen LogP contribution in [0.1, 0.15) is 23.6 Å². The van der Waals surface area contributed by atoms with E-state index in [0.717, 1.165) is 16.5 Å². The molecule has 0 bridgehead atoms. The number of rotatable bonds is 2. The number of hydrogen-bond donors (Lipinski definition) is 0. The average molecular weight is 379 g/mol. The molecule has 0 fully saturated rings. The van der Waals surface area contributed by atoms with Crippen molar-refractivity contribution in [3.63, 3.8) is 0 Å². The number of halogens is 2. The van der Waals surface area contributed by atoms with Crippen LogP contribution in [-0.2, 0) is 16.6 Å². The Morgan fingerprint density at radius 2 is 1.65 bits per heavy atom. The normalized spacial score (nSPS) is 19.9. The summed E-state index contributed by atoms with van der Waals surface area (Å²) >= 11 is -2.00. The van der Waals surface area contributed by atoms with Gasteiger partial charge in [0.1, 0.15) is 0 Å². The standard InChI is InChI=1S/C19H14N.2ClH.Cr/c1-13-12-15-6-2-3-9-16(15)18(13)17-10-4-7-14-8-5-11-20-19(14)17;;;/h2-12H,1H3;2*1H;/q;;;+2/p-2. The van der Waals surface area contributed by atoms with Gasteiger partial charge >= 0.3 is 149 Å². The van der Waals surface area contributed by atoms with Crippen molar-refractivity contribution in [2.45, 2.75) is 11.2 Å². The molecule has 0 radical (unpaired) electrons. The number of allylic oxidation sites excluding steroid dienone is 1. The molecule has 2 aromatic carbocycles. The zero-order valence-corrected chi connectivity index (χ0v) is 15.2. The minimum absolute atomic E-state index is 0.437. The van der Waals surface area contributed by atoms with E-state index in [2.05, 4.69) is 66.5 Å². The summed E-state index contributed by atoms with van der Waals surface area (Å²) in [6.45, 7) is 2.13. The number of benzene rings is 2. The number of aromatic nitrogens is 1. The fraction of sp³-hybridized carbons (Fsp3) is 0.105. The predicted molar refractivity (Wildman–Crippen MR) is 94.3 cm³/mol. The van der Waals surface area contributed by atoms with E-state index >= 15 is 0 Å². The molecule has 1 aromatic heterocycles. The van der Waals surface area contributed by atoms with Gasteiger partial charge in [0.2, 0.25) is 0 Å². The molecule has 0 aliphatic heterocycles. The third-order valence-electron chi connectivity index (χ3n) is 4.51. The quantitative estimate of drug-likeness (QED) is 0.547. The Labute approximate surface area is 148 Å². The van der Waals surface area contributed by atoms with Gasteiger partial charge in [0, 0.05) is 0 Å². The first-order valence-corrected chi connectivity index (χ1v) is 11.5. The molecule has 0 amide bonds. The van der Waals surface area contributed by atoms with Crippen molar-refractivity contribution >= 4 is 37.1 Å². The topological polar surface area (TPSA) is 12.9 Å². The molecule has 1 atom stereocenters. The van der Waals surface area contributed by atoms with Gasteiger partial charge in [0.25, 0.3) is 0 Å². The third-order valence-corrected chi connectivity index (χ3v) is 8.33. The molecule has 0 saturated carbocycles. The maximum atomic E-state index is 6.72. The Morgan fingerprint density at radius 3 is 2.48 bits per heavy atom. The summed E-state index contributed by atoms with van der Waals surface area (Å²) in [5, 5.41) is 1.11. The fourth-order valence-electron chi connectivity index (χ4n) is 3.52. The Morgan fingerprint density at radius 1 is 0.913 bits per heavy atom. The number of nitrogens with zero attached hydrogens (tertiary/aromatic N) is 1. The van der Waals surface area contributed by atoms with Gasteiger partial charge in [-0.2, -0.15) is 0 Å². The predicted octanol–water partition coefficient (Wildman–Crippen LogP) is 5.82. The van der Waals surface area contributed by atoms with Gasteiger partial charge in [-0.15, -0.1) is 0 Å². The van der Waals surface area contributed by atoms with Gasteiger partial charge in [0.05, 0.1) is 0 Å². The van der Waals surface area contributed by atoms with E-state index in [1.165, 1.54) is 16.7 Å². The molecule has 3 aromatic rings. The van der Waals surface area contributed by atoms with Crippen LogP contribution in [0.15, 0.2) is 66.4 Å². The molecule has 1 nitrogen and oxygen atoms in total. The zero-order chi connectivity index (χ0) is 16.0. The van der Waals surface area contributed by atoms with Crippen molar-refractivity contribution in [2.75, 3.05) is 0 Å². The number of pyridine rings is 1. The van der Waals surface area contributed by atoms with Gasteiger partial charge in [-0.1, -0.05) is 0 Å². The van der Waals surface area contributed by atoms with Crippen molar-refractivity contribution in [3.8, 4) is 0 Å². The van der Waals surface area contributed by atoms with Crippen molar-refractivity contribution < 1.29 is 12.3 Å². The van der Waals surface area contributed by atoms with Gasteiger partial charge in [0.15, 0.2) is 0 Å². The van der Waals surface area contributed by atoms with Crippen LogP contribution in [0.2, 0.25) is 0 Å². The Bertz CT molecular complexity index is 930. The summed E-state index contributed by atoms with van der Waals surface area (Å²) in [6, 6.07) is 18.7. The van der Waals surface area contributed by atoms with Crippen LogP contribution in [0.25, 0.3) is 17.0 Å². The molecular weight excluding hydrogens is 365 g/mol. The second-order valence-electron chi connectivity index (χ2n) is 5.69. The van der Waals surface area contributed by atoms with Gasteiger partial charge < -0.3 is 0 Å². The number of para-hydroxylation sites is 1. The van der Waals surface area contributed by atoms with Crippen molar-refractivity contribution in [2.24, 2.45) is 0 Å². The first-order valence-electron chi connectivity index (χ1n) is 7.35. The molecule has 115 valence electrons. The van der Waals surface area contributed by atoms with Gasteiger partial charge in [-0.25, -0.2) is 0 Å². The van der Waals surface area contributed by atoms with Crippen LogP contribution in [0.4, 0.5) is 0 Å². The summed E-state index contributed by atoms with van der Waals surface area (Å²) in [7, 11) is 13.4. The molecule has 1 heterocycles. The van der Waals surface area contributed by atoms with Crippen molar-refractivity contribution in [1.29, 1.82) is 0 Å². The molecule has 1 aliphatic carbocycles. The molecule has 0 saturated heterocycles. The van der Waals surface area contributed by atoms with E-state index in [1.54, 1.807) is 0 Å². The summed E-state index contributed by atoms with van der Waals surface area (Å²) in [5.41, 5.74) is 5.70. The Hall–Kier alpha value is -1.30. The zero-order valence-electron chi connectivity index (χ0n) is 12.5. The van der Waals surface area contributed by atoms with Crippen LogP contribution in [-0.4, -0.2) is 4.98 Å². The van der Waals surface area contributed by atoms with E-state index in [9.17, 15) is 0 Å². The van der Waals surface area contributed by atoms with Crippen LogP contribution < -0.4 is 0 Å². The second-order valence-corrected chi connectivity index (χ2v) is 10.5. The van der Waals surface area contributed by atoms with Crippen molar-refractivity contribution in [1.82, 2.24) is 4.98 Å².